The third-order valence-corrected chi connectivity index (χ3v) is 8.37. The molecule has 0 spiro atoms. The second-order valence-corrected chi connectivity index (χ2v) is 10.6. The largest absolute Gasteiger partial charge is 0.416 e. The van der Waals surface area contributed by atoms with Crippen LogP contribution in [0.2, 0.25) is 0 Å². The number of nitrogens with zero attached hydrogens (tertiary/aromatic N) is 5. The molecule has 4 aromatic rings. The van der Waals surface area contributed by atoms with Crippen LogP contribution < -0.4 is 10.2 Å². The van der Waals surface area contributed by atoms with Crippen LogP contribution in [0.25, 0.3) is 16.8 Å². The normalized spacial score (nSPS) is 24.0. The molecule has 2 bridgehead atoms. The number of piperidine rings is 1. The Kier molecular flexibility index (Phi) is 5.43. The molecule has 1 saturated heterocycles. The Morgan fingerprint density at radius 3 is 2.64 bits per heavy atom. The van der Waals surface area contributed by atoms with Gasteiger partial charge in [-0.2, -0.15) is 22.5 Å². The van der Waals surface area contributed by atoms with E-state index in [4.69, 9.17) is 0 Å². The van der Waals surface area contributed by atoms with Gasteiger partial charge in [-0.1, -0.05) is 13.0 Å². The molecule has 6 nitrogen and oxygen atoms in total. The van der Waals surface area contributed by atoms with E-state index in [2.05, 4.69) is 37.7 Å². The van der Waals surface area contributed by atoms with Gasteiger partial charge in [0.2, 0.25) is 5.95 Å². The average molecular weight is 517 g/mol. The number of nitrogens with one attached hydrogen (secondary N) is 1. The summed E-state index contributed by atoms with van der Waals surface area (Å²) in [5, 5.41) is 9.29. The first kappa shape index (κ1) is 23.2. The van der Waals surface area contributed by atoms with Crippen molar-refractivity contribution in [2.24, 2.45) is 17.8 Å². The van der Waals surface area contributed by atoms with E-state index in [9.17, 15) is 17.6 Å². The highest BCUT2D eigenvalue weighted by Crippen LogP contribution is 2.44. The van der Waals surface area contributed by atoms with E-state index in [0.29, 0.717) is 41.0 Å². The van der Waals surface area contributed by atoms with Crippen molar-refractivity contribution >= 4 is 28.1 Å². The molecule has 1 N–H and O–H groups in total. The summed E-state index contributed by atoms with van der Waals surface area (Å²) < 4.78 is 59.7. The Morgan fingerprint density at radius 1 is 1.11 bits per heavy atom. The number of anilines is 2. The molecule has 36 heavy (non-hydrogen) atoms. The molecule has 188 valence electrons. The number of fused-ring (bicyclic) bond motifs is 3. The average Bonchev–Trinajstić information content (AvgIpc) is 3.48. The van der Waals surface area contributed by atoms with Crippen LogP contribution in [0, 0.1) is 30.5 Å². The highest BCUT2D eigenvalue weighted by atomic mass is 32.1. The Bertz CT molecular complexity index is 1430. The Labute approximate surface area is 209 Å². The zero-order valence-corrected chi connectivity index (χ0v) is 20.4. The van der Waals surface area contributed by atoms with Crippen LogP contribution in [0.5, 0.6) is 0 Å². The number of aromatic nitrogens is 4. The van der Waals surface area contributed by atoms with E-state index in [1.807, 2.05) is 6.92 Å². The lowest BCUT2D eigenvalue weighted by Crippen LogP contribution is -2.48. The van der Waals surface area contributed by atoms with Gasteiger partial charge >= 0.3 is 6.18 Å². The predicted molar refractivity (Wildman–Crippen MR) is 131 cm³/mol. The molecule has 1 aromatic carbocycles. The number of halogens is 4. The van der Waals surface area contributed by atoms with E-state index in [1.54, 1.807) is 18.3 Å². The summed E-state index contributed by atoms with van der Waals surface area (Å²) in [6.45, 7) is 6.14. The molecule has 4 atom stereocenters. The molecule has 2 aliphatic rings. The van der Waals surface area contributed by atoms with Crippen molar-refractivity contribution in [3.05, 3.63) is 59.7 Å². The van der Waals surface area contributed by atoms with Crippen molar-refractivity contribution in [1.29, 1.82) is 0 Å². The van der Waals surface area contributed by atoms with Gasteiger partial charge in [0.25, 0.3) is 0 Å². The van der Waals surface area contributed by atoms with E-state index in [-0.39, 0.29) is 11.6 Å². The molecule has 1 unspecified atom stereocenters. The Morgan fingerprint density at radius 2 is 1.94 bits per heavy atom. The maximum atomic E-state index is 14.7. The summed E-state index contributed by atoms with van der Waals surface area (Å²) in [5.41, 5.74) is 0.829. The first-order chi connectivity index (χ1) is 17.2. The van der Waals surface area contributed by atoms with Crippen molar-refractivity contribution in [3.63, 3.8) is 0 Å². The number of aryl methyl sites for hydroxylation is 1. The highest BCUT2D eigenvalue weighted by Gasteiger charge is 2.47. The third kappa shape index (κ3) is 3.99. The van der Waals surface area contributed by atoms with Gasteiger partial charge in [-0.05, 0) is 73.0 Å². The van der Waals surface area contributed by atoms with Crippen molar-refractivity contribution in [3.8, 4) is 11.1 Å². The lowest BCUT2D eigenvalue weighted by molar-refractivity contribution is -0.137. The topological polar surface area (TPSA) is 58.4 Å². The summed E-state index contributed by atoms with van der Waals surface area (Å²) in [7, 11) is 0. The molecule has 0 amide bonds. The van der Waals surface area contributed by atoms with Crippen LogP contribution in [0.1, 0.15) is 24.6 Å². The summed E-state index contributed by atoms with van der Waals surface area (Å²) in [6, 6.07) is 8.21. The second-order valence-electron chi connectivity index (χ2n) is 9.84. The minimum atomic E-state index is -4.61. The molecule has 11 heteroatoms. The minimum absolute atomic E-state index is 0.0504. The number of hydrogen-bond acceptors (Lipinski definition) is 6. The summed E-state index contributed by atoms with van der Waals surface area (Å²) in [6.07, 6.45) is -1.81. The molecule has 1 saturated carbocycles. The van der Waals surface area contributed by atoms with Crippen molar-refractivity contribution in [1.82, 2.24) is 19.0 Å². The monoisotopic (exact) mass is 516 g/mol. The lowest BCUT2D eigenvalue weighted by atomic mass is 9.90. The summed E-state index contributed by atoms with van der Waals surface area (Å²) in [5.74, 6) is 0.850. The number of hydrogen-bond donors (Lipinski definition) is 1. The molecular formula is C25H24F4N6S. The lowest BCUT2D eigenvalue weighted by Gasteiger charge is -2.39. The third-order valence-electron chi connectivity index (χ3n) is 7.43. The van der Waals surface area contributed by atoms with Gasteiger partial charge in [0.05, 0.1) is 11.3 Å². The molecule has 3 aromatic heterocycles. The molecule has 4 heterocycles. The zero-order chi connectivity index (χ0) is 25.2. The molecule has 2 fully saturated rings. The van der Waals surface area contributed by atoms with Gasteiger partial charge in [0.15, 0.2) is 5.65 Å². The summed E-state index contributed by atoms with van der Waals surface area (Å²) in [4.78, 5) is 7.05. The van der Waals surface area contributed by atoms with Crippen molar-refractivity contribution in [2.75, 3.05) is 23.3 Å². The Balaban J connectivity index is 1.28. The summed E-state index contributed by atoms with van der Waals surface area (Å²) >= 11 is 1.53. The first-order valence-electron chi connectivity index (χ1n) is 11.8. The Hall–Kier alpha value is -3.21. The van der Waals surface area contributed by atoms with E-state index in [1.165, 1.54) is 21.0 Å². The SMILES string of the molecule is Cc1cc(N2C[C@@H]3CC(C)[C@H](C2)[C@H]3Nc2nc3c(-c4ccc(C(F)(F)F)cc4F)cccn3n2)sn1. The number of pyridine rings is 1. The van der Waals surface area contributed by atoms with Crippen LogP contribution in [-0.4, -0.2) is 38.1 Å². The number of benzene rings is 1. The van der Waals surface area contributed by atoms with E-state index >= 15 is 0 Å². The maximum Gasteiger partial charge on any atom is 0.416 e. The zero-order valence-electron chi connectivity index (χ0n) is 19.6. The standard InChI is InChI=1S/C25H24F4N6S/c1-13-8-15-11-34(21-9-14(2)33-36-21)12-19(13)22(15)30-24-31-23-18(4-3-7-35(23)32-24)17-6-5-16(10-20(17)26)25(27,28)29/h3-7,9-10,13,15,19,22H,8,11-12H2,1-2H3,(H,30,32)/t13?,15-,19-,22-/m0/s1. The van der Waals surface area contributed by atoms with Gasteiger partial charge in [0.1, 0.15) is 10.8 Å². The molecule has 1 aliphatic carbocycles. The van der Waals surface area contributed by atoms with Crippen LogP contribution in [0.3, 0.4) is 0 Å². The van der Waals surface area contributed by atoms with Gasteiger partial charge in [-0.25, -0.2) is 8.91 Å². The van der Waals surface area contributed by atoms with Gasteiger partial charge in [0, 0.05) is 36.5 Å². The molecular weight excluding hydrogens is 492 g/mol. The fourth-order valence-corrected chi connectivity index (χ4v) is 6.51. The van der Waals surface area contributed by atoms with Crippen LogP contribution >= 0.6 is 11.5 Å². The fraction of sp³-hybridized carbons (Fsp3) is 0.400. The first-order valence-corrected chi connectivity index (χ1v) is 12.6. The van der Waals surface area contributed by atoms with Crippen LogP contribution in [0.15, 0.2) is 42.6 Å². The minimum Gasteiger partial charge on any atom is -0.361 e. The second kappa shape index (κ2) is 8.43. The fourth-order valence-electron chi connectivity index (χ4n) is 5.74. The van der Waals surface area contributed by atoms with Gasteiger partial charge < -0.3 is 10.2 Å². The quantitative estimate of drug-likeness (QED) is 0.343. The van der Waals surface area contributed by atoms with Crippen molar-refractivity contribution in [2.45, 2.75) is 32.5 Å². The van der Waals surface area contributed by atoms with Crippen LogP contribution in [-0.2, 0) is 6.18 Å². The van der Waals surface area contributed by atoms with Gasteiger partial charge in [-0.3, -0.25) is 0 Å². The predicted octanol–water partition coefficient (Wildman–Crippen LogP) is 5.89. The number of alkyl halides is 3. The molecule has 1 aliphatic heterocycles. The van der Waals surface area contributed by atoms with Crippen molar-refractivity contribution < 1.29 is 17.6 Å². The number of rotatable bonds is 4. The molecule has 6 rings (SSSR count). The van der Waals surface area contributed by atoms with Gasteiger partial charge in [-0.15, -0.1) is 5.10 Å². The maximum absolute atomic E-state index is 14.7. The van der Waals surface area contributed by atoms with E-state index in [0.717, 1.165) is 37.3 Å². The smallest absolute Gasteiger partial charge is 0.361 e. The van der Waals surface area contributed by atoms with Crippen LogP contribution in [0.4, 0.5) is 28.5 Å². The van der Waals surface area contributed by atoms with E-state index < -0.39 is 17.6 Å². The highest BCUT2D eigenvalue weighted by molar-refractivity contribution is 7.10. The molecule has 0 radical (unpaired) electrons.